The molecule has 0 fully saturated rings. The number of aldehydes is 1. The van der Waals surface area contributed by atoms with Gasteiger partial charge in [0.2, 0.25) is 0 Å². The number of methoxy groups -OCH3 is 1. The first-order valence-corrected chi connectivity index (χ1v) is 5.78. The highest BCUT2D eigenvalue weighted by atomic mass is 16.5. The predicted octanol–water partition coefficient (Wildman–Crippen LogP) is 2.17. The fourth-order valence-electron chi connectivity index (χ4n) is 1.75. The monoisotopic (exact) mass is 216 g/mol. The Kier molecular flexibility index (Phi) is 8.62. The van der Waals surface area contributed by atoms with E-state index in [1.54, 1.807) is 7.11 Å². The van der Waals surface area contributed by atoms with E-state index in [-0.39, 0.29) is 12.2 Å². The molecule has 3 atom stereocenters. The van der Waals surface area contributed by atoms with Gasteiger partial charge < -0.3 is 14.6 Å². The van der Waals surface area contributed by atoms with Crippen molar-refractivity contribution in [3.05, 3.63) is 0 Å². The second-order valence-corrected chi connectivity index (χ2v) is 4.28. The highest BCUT2D eigenvalue weighted by molar-refractivity contribution is 5.49. The third kappa shape index (κ3) is 7.51. The molecule has 0 spiro atoms. The van der Waals surface area contributed by atoms with Crippen molar-refractivity contribution in [1.82, 2.24) is 0 Å². The van der Waals surface area contributed by atoms with Gasteiger partial charge in [-0.05, 0) is 25.2 Å². The van der Waals surface area contributed by atoms with E-state index in [0.717, 1.165) is 25.5 Å². The maximum atomic E-state index is 10.3. The lowest BCUT2D eigenvalue weighted by atomic mass is 9.96. The van der Waals surface area contributed by atoms with Crippen LogP contribution in [0.15, 0.2) is 0 Å². The van der Waals surface area contributed by atoms with Crippen molar-refractivity contribution < 1.29 is 14.6 Å². The maximum Gasteiger partial charge on any atom is 0.120 e. The summed E-state index contributed by atoms with van der Waals surface area (Å²) in [5, 5.41) is 9.64. The average Bonchev–Trinajstić information content (AvgIpc) is 2.17. The van der Waals surface area contributed by atoms with Gasteiger partial charge in [-0.15, -0.1) is 0 Å². The zero-order valence-corrected chi connectivity index (χ0v) is 10.1. The summed E-state index contributed by atoms with van der Waals surface area (Å²) in [6, 6.07) is 0. The van der Waals surface area contributed by atoms with Crippen LogP contribution in [0, 0.1) is 5.92 Å². The van der Waals surface area contributed by atoms with Crippen LogP contribution in [0.4, 0.5) is 0 Å². The van der Waals surface area contributed by atoms with E-state index in [2.05, 4.69) is 6.92 Å². The van der Waals surface area contributed by atoms with Crippen LogP contribution < -0.4 is 0 Å². The normalized spacial score (nSPS) is 17.1. The first kappa shape index (κ1) is 14.6. The minimum absolute atomic E-state index is 0.0708. The zero-order chi connectivity index (χ0) is 11.7. The first-order chi connectivity index (χ1) is 7.13. The third-order valence-corrected chi connectivity index (χ3v) is 2.65. The molecule has 0 unspecified atom stereocenters. The van der Waals surface area contributed by atoms with Crippen molar-refractivity contribution in [3.63, 3.8) is 0 Å². The molecule has 0 aromatic rings. The Morgan fingerprint density at radius 1 is 1.40 bits per heavy atom. The van der Waals surface area contributed by atoms with Gasteiger partial charge >= 0.3 is 0 Å². The fraction of sp³-hybridized carbons (Fsp3) is 0.917. The van der Waals surface area contributed by atoms with Crippen LogP contribution in [0.2, 0.25) is 0 Å². The number of hydrogen-bond donors (Lipinski definition) is 1. The number of ether oxygens (including phenoxy) is 1. The summed E-state index contributed by atoms with van der Waals surface area (Å²) < 4.78 is 5.31. The molecule has 0 aromatic carbocycles. The molecule has 0 radical (unpaired) electrons. The van der Waals surface area contributed by atoms with E-state index in [0.29, 0.717) is 18.8 Å². The van der Waals surface area contributed by atoms with Crippen LogP contribution in [0.5, 0.6) is 0 Å². The standard InChI is InChI=1S/C12H24O3/c1-4-5-11(14)9-12(15-3)8-10(2)6-7-13/h7,10-12,14H,4-6,8-9H2,1-3H3/t10-,11+,12+/m1/s1. The number of carbonyl (C=O) groups excluding carboxylic acids is 1. The van der Waals surface area contributed by atoms with Crippen molar-refractivity contribution in [2.45, 2.75) is 58.2 Å². The van der Waals surface area contributed by atoms with Crippen LogP contribution in [0.3, 0.4) is 0 Å². The highest BCUT2D eigenvalue weighted by Crippen LogP contribution is 2.17. The molecule has 1 N–H and O–H groups in total. The average molecular weight is 216 g/mol. The molecule has 0 aromatic heterocycles. The van der Waals surface area contributed by atoms with E-state index >= 15 is 0 Å². The molecule has 0 bridgehead atoms. The van der Waals surface area contributed by atoms with Crippen LogP contribution in [-0.4, -0.2) is 30.7 Å². The van der Waals surface area contributed by atoms with E-state index in [9.17, 15) is 9.90 Å². The molecule has 0 aliphatic carbocycles. The van der Waals surface area contributed by atoms with Crippen LogP contribution in [0.25, 0.3) is 0 Å². The Balaban J connectivity index is 3.85. The van der Waals surface area contributed by atoms with Crippen LogP contribution >= 0.6 is 0 Å². The van der Waals surface area contributed by atoms with E-state index in [4.69, 9.17) is 4.74 Å². The number of aliphatic hydroxyl groups is 1. The number of hydrogen-bond acceptors (Lipinski definition) is 3. The van der Waals surface area contributed by atoms with Crippen molar-refractivity contribution in [2.75, 3.05) is 7.11 Å². The van der Waals surface area contributed by atoms with E-state index in [1.807, 2.05) is 6.92 Å². The van der Waals surface area contributed by atoms with Crippen molar-refractivity contribution in [2.24, 2.45) is 5.92 Å². The Morgan fingerprint density at radius 2 is 2.07 bits per heavy atom. The van der Waals surface area contributed by atoms with Crippen LogP contribution in [0.1, 0.15) is 46.0 Å². The summed E-state index contributed by atoms with van der Waals surface area (Å²) in [7, 11) is 1.66. The van der Waals surface area contributed by atoms with Gasteiger partial charge in [0.1, 0.15) is 6.29 Å². The predicted molar refractivity (Wildman–Crippen MR) is 60.8 cm³/mol. The van der Waals surface area contributed by atoms with Gasteiger partial charge in [0.15, 0.2) is 0 Å². The molecule has 3 nitrogen and oxygen atoms in total. The molecular formula is C12H24O3. The molecule has 15 heavy (non-hydrogen) atoms. The van der Waals surface area contributed by atoms with Gasteiger partial charge in [-0.2, -0.15) is 0 Å². The van der Waals surface area contributed by atoms with Crippen molar-refractivity contribution >= 4 is 6.29 Å². The smallest absolute Gasteiger partial charge is 0.120 e. The lowest BCUT2D eigenvalue weighted by Gasteiger charge is -2.21. The molecule has 3 heteroatoms. The molecule has 0 aliphatic rings. The van der Waals surface area contributed by atoms with Gasteiger partial charge in [-0.3, -0.25) is 0 Å². The second kappa shape index (κ2) is 8.86. The summed E-state index contributed by atoms with van der Waals surface area (Å²) >= 11 is 0. The fourth-order valence-corrected chi connectivity index (χ4v) is 1.75. The Hall–Kier alpha value is -0.410. The maximum absolute atomic E-state index is 10.3. The van der Waals surface area contributed by atoms with Crippen molar-refractivity contribution in [1.29, 1.82) is 0 Å². The molecule has 0 saturated carbocycles. The molecule has 0 rings (SSSR count). The minimum Gasteiger partial charge on any atom is -0.393 e. The molecule has 0 saturated heterocycles. The van der Waals surface area contributed by atoms with E-state index < -0.39 is 0 Å². The lowest BCUT2D eigenvalue weighted by molar-refractivity contribution is -0.108. The van der Waals surface area contributed by atoms with E-state index in [1.165, 1.54) is 0 Å². The largest absolute Gasteiger partial charge is 0.393 e. The summed E-state index contributed by atoms with van der Waals surface area (Å²) in [6.45, 7) is 4.09. The van der Waals surface area contributed by atoms with Gasteiger partial charge in [-0.25, -0.2) is 0 Å². The van der Waals surface area contributed by atoms with Gasteiger partial charge in [0.25, 0.3) is 0 Å². The van der Waals surface area contributed by atoms with Gasteiger partial charge in [0, 0.05) is 13.5 Å². The highest BCUT2D eigenvalue weighted by Gasteiger charge is 2.16. The molecule has 0 amide bonds. The molecule has 90 valence electrons. The molecular weight excluding hydrogens is 192 g/mol. The third-order valence-electron chi connectivity index (χ3n) is 2.65. The van der Waals surface area contributed by atoms with Crippen molar-refractivity contribution in [3.8, 4) is 0 Å². The Bertz CT molecular complexity index is 159. The molecule has 0 heterocycles. The zero-order valence-electron chi connectivity index (χ0n) is 10.1. The Morgan fingerprint density at radius 3 is 2.53 bits per heavy atom. The lowest BCUT2D eigenvalue weighted by Crippen LogP contribution is -2.22. The summed E-state index contributed by atoms with van der Waals surface area (Å²) in [4.78, 5) is 10.3. The van der Waals surface area contributed by atoms with Crippen LogP contribution in [-0.2, 0) is 9.53 Å². The number of carbonyl (C=O) groups is 1. The van der Waals surface area contributed by atoms with Gasteiger partial charge in [0.05, 0.1) is 12.2 Å². The topological polar surface area (TPSA) is 46.5 Å². The first-order valence-electron chi connectivity index (χ1n) is 5.78. The molecule has 0 aliphatic heterocycles. The summed E-state index contributed by atoms with van der Waals surface area (Å²) in [5.74, 6) is 0.335. The minimum atomic E-state index is -0.275. The second-order valence-electron chi connectivity index (χ2n) is 4.28. The Labute approximate surface area is 92.8 Å². The quantitative estimate of drug-likeness (QED) is 0.601. The van der Waals surface area contributed by atoms with Gasteiger partial charge in [-0.1, -0.05) is 20.3 Å². The number of rotatable bonds is 9. The summed E-state index contributed by atoms with van der Waals surface area (Å²) in [5.41, 5.74) is 0. The number of aliphatic hydroxyl groups excluding tert-OH is 1. The SMILES string of the molecule is CCC[C@H](O)C[C@H](C[C@H](C)CC=O)OC. The summed E-state index contributed by atoms with van der Waals surface area (Å²) in [6.07, 6.45) is 4.64.